The minimum atomic E-state index is -0.472. The molecular formula is C110H161Cl2N29O4. The van der Waals surface area contributed by atoms with Crippen molar-refractivity contribution in [2.75, 3.05) is 47.4 Å². The first-order chi connectivity index (χ1) is 68.5. The van der Waals surface area contributed by atoms with E-state index in [9.17, 15) is 9.59 Å². The molecule has 4 aliphatic heterocycles. The molecule has 0 radical (unpaired) electrons. The van der Waals surface area contributed by atoms with Crippen LogP contribution in [0.25, 0.3) is 44.1 Å². The van der Waals surface area contributed by atoms with E-state index in [-0.39, 0.29) is 52.2 Å². The first-order valence-corrected chi connectivity index (χ1v) is 54.3. The summed E-state index contributed by atoms with van der Waals surface area (Å²) in [6.45, 7) is 51.7. The Morgan fingerprint density at radius 2 is 0.683 bits per heavy atom. The van der Waals surface area contributed by atoms with Crippen LogP contribution in [0.3, 0.4) is 0 Å². The van der Waals surface area contributed by atoms with Crippen LogP contribution < -0.4 is 42.1 Å². The fourth-order valence-electron chi connectivity index (χ4n) is 26.6. The summed E-state index contributed by atoms with van der Waals surface area (Å²) in [5.74, 6) is 6.17. The highest BCUT2D eigenvalue weighted by molar-refractivity contribution is 6.34. The first kappa shape index (κ1) is 105. The number of amides is 2. The number of aromatic amines is 4. The van der Waals surface area contributed by atoms with E-state index in [1.807, 2.05) is 93.9 Å². The molecule has 16 aliphatic rings. The van der Waals surface area contributed by atoms with E-state index in [2.05, 4.69) is 180 Å². The molecule has 784 valence electrons. The number of rotatable bonds is 16. The molecule has 145 heavy (non-hydrogen) atoms. The summed E-state index contributed by atoms with van der Waals surface area (Å²) in [6, 6.07) is 9.47. The number of alkyl carbamates (subject to hydrolysis) is 2. The minimum Gasteiger partial charge on any atom is -0.444 e. The smallest absolute Gasteiger partial charge is 0.408 e. The van der Waals surface area contributed by atoms with Crippen molar-refractivity contribution in [3.8, 4) is 0 Å². The van der Waals surface area contributed by atoms with Crippen LogP contribution in [-0.2, 0) is 87.5 Å². The Balaban J connectivity index is 0.000000119. The van der Waals surface area contributed by atoms with Gasteiger partial charge < -0.3 is 71.5 Å². The second kappa shape index (κ2) is 41.0. The van der Waals surface area contributed by atoms with Gasteiger partial charge in [-0.05, 0) is 331 Å². The minimum absolute atomic E-state index is 0. The van der Waals surface area contributed by atoms with Crippen molar-refractivity contribution in [1.82, 2.24) is 120 Å². The predicted molar refractivity (Wildman–Crippen MR) is 576 cm³/mol. The molecule has 2 amide bonds. The molecule has 8 bridgehead atoms. The van der Waals surface area contributed by atoms with Crippen LogP contribution in [0.4, 0.5) is 27.0 Å². The van der Waals surface area contributed by atoms with Crippen molar-refractivity contribution in [2.45, 2.75) is 409 Å². The highest BCUT2D eigenvalue weighted by atomic mass is 35.5. The molecule has 0 saturated heterocycles. The maximum atomic E-state index is 12.5. The molecule has 11 N–H and O–H groups in total. The molecule has 35 heteroatoms. The maximum Gasteiger partial charge on any atom is 0.408 e. The lowest BCUT2D eigenvalue weighted by Crippen LogP contribution is -2.58. The van der Waals surface area contributed by atoms with Crippen LogP contribution in [0.5, 0.6) is 0 Å². The summed E-state index contributed by atoms with van der Waals surface area (Å²) in [5, 5.41) is 34.6. The lowest BCUT2D eigenvalue weighted by atomic mass is 9.57. The molecule has 33 nitrogen and oxygen atoms in total. The number of aryl methyl sites for hydroxylation is 8. The summed E-state index contributed by atoms with van der Waals surface area (Å²) in [5.41, 5.74) is 33.0. The molecule has 0 aromatic carbocycles. The van der Waals surface area contributed by atoms with Gasteiger partial charge in [-0.3, -0.25) is 23.6 Å². The molecule has 12 fully saturated rings. The van der Waals surface area contributed by atoms with Crippen LogP contribution in [0.2, 0.25) is 5.15 Å². The van der Waals surface area contributed by atoms with E-state index in [0.717, 1.165) is 273 Å². The predicted octanol–water partition coefficient (Wildman–Crippen LogP) is 19.6. The zero-order valence-electron chi connectivity index (χ0n) is 89.8. The number of carbonyl (C=O) groups is 2. The lowest BCUT2D eigenvalue weighted by Gasteiger charge is -2.53. The first-order valence-electron chi connectivity index (χ1n) is 53.9. The number of H-pyrrole nitrogens is 4. The van der Waals surface area contributed by atoms with Crippen LogP contribution in [-0.4, -0.2) is 194 Å². The number of fused-ring (bicyclic) bond motifs is 20. The normalized spacial score (nSPS) is 25.3. The van der Waals surface area contributed by atoms with Crippen molar-refractivity contribution in [3.63, 3.8) is 0 Å². The summed E-state index contributed by atoms with van der Waals surface area (Å²) < 4.78 is 20.4. The molecule has 0 atom stereocenters. The van der Waals surface area contributed by atoms with Crippen molar-refractivity contribution < 1.29 is 19.1 Å². The maximum absolute atomic E-state index is 12.5. The van der Waals surface area contributed by atoms with Crippen molar-refractivity contribution in [1.29, 1.82) is 0 Å². The molecule has 12 saturated carbocycles. The number of hydrogen-bond donors (Lipinski definition) is 9. The zero-order chi connectivity index (χ0) is 102. The Hall–Kier alpha value is -10.3. The number of hydrogen-bond acceptors (Lipinski definition) is 23. The quantitative estimate of drug-likeness (QED) is 0.0406. The van der Waals surface area contributed by atoms with Gasteiger partial charge in [0.2, 0.25) is 0 Å². The Kier molecular flexibility index (Phi) is 29.6. The van der Waals surface area contributed by atoms with E-state index < -0.39 is 11.2 Å². The number of carbonyl (C=O) groups excluding carboxylic acids is 2. The fourth-order valence-corrected chi connectivity index (χ4v) is 26.8. The molecule has 28 rings (SSSR count). The van der Waals surface area contributed by atoms with E-state index in [4.69, 9.17) is 67.9 Å². The summed E-state index contributed by atoms with van der Waals surface area (Å²) in [6.07, 6.45) is 38.9. The topological polar surface area (TPSA) is 391 Å². The van der Waals surface area contributed by atoms with E-state index in [1.54, 1.807) is 6.20 Å². The number of aromatic nitrogens is 20. The molecule has 12 aliphatic carbocycles. The number of halogens is 2. The van der Waals surface area contributed by atoms with Gasteiger partial charge in [-0.2, -0.15) is 20.4 Å². The van der Waals surface area contributed by atoms with Gasteiger partial charge in [0.15, 0.2) is 0 Å². The highest BCUT2D eigenvalue weighted by Crippen LogP contribution is 2.58. The van der Waals surface area contributed by atoms with Crippen molar-refractivity contribution in [3.05, 3.63) is 145 Å². The second-order valence-electron chi connectivity index (χ2n) is 48.0. The van der Waals surface area contributed by atoms with E-state index in [0.29, 0.717) is 39.3 Å². The van der Waals surface area contributed by atoms with E-state index >= 15 is 0 Å². The molecule has 0 spiro atoms. The Bertz CT molecular complexity index is 6380. The third kappa shape index (κ3) is 22.4. The zero-order valence-corrected chi connectivity index (χ0v) is 91.4. The SMILES string of the molecule is CCN(C(C)C)C(C)C.Cc1nc(Cl)c2cc[nH]c2n1.Cc1nc(N2CCc3c(c(C)nn3CC34CCC(N)(CC3)CC4)C2)c2cc[nH]c2n1.Cc1nc(N2CCc3c(c(C)nn3CC34CCC(N)(CC3)CC4)C2)c2cc[nH]c2n1.Cc1nc(N2CCc3c(c(C)nn3CC34CCC(NC(=O)OC(C)(C)C)(CC3)CC4)C2)c2cc[nH]c2n1.Cc1nn(CC23CCC(NC(=O)OC(C)(C)C)(CC2)CC3)c2c1CNCC2.Cl. The van der Waals surface area contributed by atoms with Gasteiger partial charge in [-0.15, -0.1) is 12.4 Å². The number of nitrogens with one attached hydrogen (secondary N) is 7. The Morgan fingerprint density at radius 1 is 0.407 bits per heavy atom. The van der Waals surface area contributed by atoms with Gasteiger partial charge in [-0.25, -0.2) is 49.5 Å². The third-order valence-corrected chi connectivity index (χ3v) is 35.3. The molecular weight excluding hydrogens is 1860 g/mol. The molecule has 12 aromatic heterocycles. The average Bonchev–Trinajstić information content (AvgIpc) is 1.73. The summed E-state index contributed by atoms with van der Waals surface area (Å²) >= 11 is 5.83. The second-order valence-corrected chi connectivity index (χ2v) is 48.3. The van der Waals surface area contributed by atoms with Gasteiger partial charge in [-0.1, -0.05) is 18.5 Å². The van der Waals surface area contributed by atoms with Crippen LogP contribution in [0.1, 0.15) is 321 Å². The van der Waals surface area contributed by atoms with Crippen molar-refractivity contribution >= 4 is 97.8 Å². The Morgan fingerprint density at radius 3 is 0.972 bits per heavy atom. The number of nitrogens with two attached hydrogens (primary N) is 2. The van der Waals surface area contributed by atoms with Gasteiger partial charge >= 0.3 is 12.2 Å². The van der Waals surface area contributed by atoms with Crippen LogP contribution in [0, 0.1) is 77.0 Å². The summed E-state index contributed by atoms with van der Waals surface area (Å²) in [4.78, 5) is 83.2. The highest BCUT2D eigenvalue weighted by Gasteiger charge is 2.54. The third-order valence-electron chi connectivity index (χ3n) is 35.0. The summed E-state index contributed by atoms with van der Waals surface area (Å²) in [7, 11) is 0. The molecule has 12 aromatic rings. The van der Waals surface area contributed by atoms with Gasteiger partial charge in [0.05, 0.1) is 44.3 Å². The largest absolute Gasteiger partial charge is 0.444 e. The average molecular weight is 2020 g/mol. The van der Waals surface area contributed by atoms with Gasteiger partial charge in [0.1, 0.15) is 79.7 Å². The molecule has 0 unspecified atom stereocenters. The van der Waals surface area contributed by atoms with Crippen molar-refractivity contribution in [2.24, 2.45) is 33.1 Å². The molecule has 16 heterocycles. The monoisotopic (exact) mass is 2020 g/mol. The number of nitrogens with zero attached hydrogens (tertiary/aromatic N) is 20. The van der Waals surface area contributed by atoms with Crippen LogP contribution in [0.15, 0.2) is 49.1 Å². The fraction of sp³-hybridized carbons (Fsp3) is 0.655. The number of anilines is 3. The lowest BCUT2D eigenvalue weighted by molar-refractivity contribution is -0.00553. The Labute approximate surface area is 866 Å². The van der Waals surface area contributed by atoms with Gasteiger partial charge in [0, 0.05) is 208 Å². The van der Waals surface area contributed by atoms with Crippen LogP contribution >= 0.6 is 24.0 Å². The number of ether oxygens (including phenoxy) is 2. The standard InChI is InChI=1S/C28H39N7O2.2C23H31N7.C21H34N4O2.C8H19N.C7H6ClN3.ClH/c1-18-21-16-34(24-20-6-14-29-23(20)30-19(2)31-24)15-7-22(21)35(33-18)17-27-8-11-28(12-9-27,13-10-27)32-25(36)37-26(3,4)5;2*1-15-18-13-29(21-17-3-11-25-20(17)26-16(2)27-21)12-4-19(18)30(28-15)14-22-5-8-23(24,9-6-22)10-7-22;1-15-16-13-22-12-5-17(16)25(24-15)14-20-6-9-21(10-7-20,11-8-20)23-18(26)27-19(2,3)4;1-6-9(7(2)3)8(4)5;1-4-10-6(8)5-2-3-9-7(5)11-4;/h6,14H,7-13,15-17H2,1-5H3,(H,32,36)(H,29,30,31);2*3,11H,4-10,12-14,24H2,1-2H3,(H,25,26,27);22H,5-14H2,1-4H3,(H,23,26);7-8H,6H2,1-5H3;2-3H,1H3,(H,9,10,11);1H. The van der Waals surface area contributed by atoms with Gasteiger partial charge in [0.25, 0.3) is 0 Å². The van der Waals surface area contributed by atoms with E-state index in [1.165, 1.54) is 139 Å².